The third-order valence-electron chi connectivity index (χ3n) is 3.49. The average Bonchev–Trinajstić information content (AvgIpc) is 2.98. The highest BCUT2D eigenvalue weighted by atomic mass is 35.5. The lowest BCUT2D eigenvalue weighted by molar-refractivity contribution is 0.356. The van der Waals surface area contributed by atoms with Crippen molar-refractivity contribution in [3.63, 3.8) is 0 Å². The molecule has 0 aliphatic rings. The van der Waals surface area contributed by atoms with Crippen molar-refractivity contribution in [2.24, 2.45) is 5.73 Å². The maximum absolute atomic E-state index is 6.21. The summed E-state index contributed by atoms with van der Waals surface area (Å²) >= 11 is 6.21. The third-order valence-corrected chi connectivity index (χ3v) is 3.82. The number of benzene rings is 1. The summed E-state index contributed by atoms with van der Waals surface area (Å²) in [7, 11) is 0. The van der Waals surface area contributed by atoms with Gasteiger partial charge in [-0.1, -0.05) is 30.1 Å². The van der Waals surface area contributed by atoms with E-state index in [1.54, 1.807) is 6.20 Å². The van der Waals surface area contributed by atoms with Crippen LogP contribution in [0.5, 0.6) is 0 Å². The first-order valence-corrected chi connectivity index (χ1v) is 7.34. The number of hydrogen-bond donors (Lipinski definition) is 1. The van der Waals surface area contributed by atoms with Crippen molar-refractivity contribution in [2.75, 3.05) is 0 Å². The molecule has 3 aromatic rings. The van der Waals surface area contributed by atoms with Gasteiger partial charge in [0.25, 0.3) is 0 Å². The fourth-order valence-corrected chi connectivity index (χ4v) is 2.60. The number of nitrogens with zero attached hydrogens (tertiary/aromatic N) is 2. The summed E-state index contributed by atoms with van der Waals surface area (Å²) in [5.74, 6) is 0.700. The van der Waals surface area contributed by atoms with Crippen LogP contribution in [0, 0.1) is 0 Å². The Morgan fingerprint density at radius 1 is 1.33 bits per heavy atom. The highest BCUT2D eigenvalue weighted by Gasteiger charge is 2.15. The van der Waals surface area contributed by atoms with Gasteiger partial charge in [-0.05, 0) is 30.7 Å². The first kappa shape index (κ1) is 14.0. The van der Waals surface area contributed by atoms with Gasteiger partial charge in [-0.3, -0.25) is 4.98 Å². The summed E-state index contributed by atoms with van der Waals surface area (Å²) in [5.41, 5.74) is 8.51. The minimum Gasteiger partial charge on any atom is -0.359 e. The smallest absolute Gasteiger partial charge is 0.154 e. The predicted octanol–water partition coefficient (Wildman–Crippen LogP) is 4.34. The molecule has 3 rings (SSSR count). The van der Waals surface area contributed by atoms with Crippen molar-refractivity contribution in [3.05, 3.63) is 47.3 Å². The Bertz CT molecular complexity index is 769. The lowest BCUT2D eigenvalue weighted by atomic mass is 10.1. The van der Waals surface area contributed by atoms with Crippen LogP contribution in [0.2, 0.25) is 5.02 Å². The molecule has 0 aliphatic carbocycles. The molecule has 0 radical (unpaired) electrons. The van der Waals surface area contributed by atoms with Gasteiger partial charge in [0.1, 0.15) is 5.69 Å². The van der Waals surface area contributed by atoms with E-state index < -0.39 is 0 Å². The second-order valence-corrected chi connectivity index (χ2v) is 5.41. The summed E-state index contributed by atoms with van der Waals surface area (Å²) in [6.07, 6.45) is 3.61. The minimum atomic E-state index is -0.122. The first-order valence-electron chi connectivity index (χ1n) is 6.96. The van der Waals surface area contributed by atoms with E-state index in [0.29, 0.717) is 10.8 Å². The summed E-state index contributed by atoms with van der Waals surface area (Å²) in [6.45, 7) is 2.09. The molecule has 2 N–H and O–H groups in total. The largest absolute Gasteiger partial charge is 0.359 e. The van der Waals surface area contributed by atoms with Crippen molar-refractivity contribution in [1.82, 2.24) is 10.1 Å². The molecule has 0 spiro atoms. The number of nitrogens with two attached hydrogens (primary N) is 1. The molecular weight excluding hydrogens is 286 g/mol. The van der Waals surface area contributed by atoms with Crippen molar-refractivity contribution < 1.29 is 4.52 Å². The zero-order valence-electron chi connectivity index (χ0n) is 11.7. The van der Waals surface area contributed by atoms with Crippen LogP contribution in [0.15, 0.2) is 41.1 Å². The molecule has 0 saturated heterocycles. The van der Waals surface area contributed by atoms with Gasteiger partial charge >= 0.3 is 0 Å². The average molecular weight is 302 g/mol. The van der Waals surface area contributed by atoms with Crippen LogP contribution in [0.25, 0.3) is 22.2 Å². The third kappa shape index (κ3) is 2.64. The Morgan fingerprint density at radius 2 is 2.19 bits per heavy atom. The second kappa shape index (κ2) is 5.84. The van der Waals surface area contributed by atoms with Gasteiger partial charge < -0.3 is 10.3 Å². The van der Waals surface area contributed by atoms with Gasteiger partial charge in [0.05, 0.1) is 16.6 Å². The normalized spacial score (nSPS) is 12.7. The van der Waals surface area contributed by atoms with Crippen LogP contribution in [-0.4, -0.2) is 10.1 Å². The maximum atomic E-state index is 6.21. The molecule has 0 bridgehead atoms. The van der Waals surface area contributed by atoms with Crippen molar-refractivity contribution in [1.29, 1.82) is 0 Å². The zero-order chi connectivity index (χ0) is 14.8. The molecule has 1 aromatic carbocycles. The van der Waals surface area contributed by atoms with E-state index in [-0.39, 0.29) is 6.04 Å². The molecule has 0 fully saturated rings. The summed E-state index contributed by atoms with van der Waals surface area (Å²) < 4.78 is 5.38. The van der Waals surface area contributed by atoms with E-state index in [9.17, 15) is 0 Å². The second-order valence-electron chi connectivity index (χ2n) is 5.00. The SMILES string of the molecule is CCCC(N)c1cc(-c2ccc(Cl)c3cccnc23)no1. The number of aromatic nitrogens is 2. The van der Waals surface area contributed by atoms with Gasteiger partial charge in [-0.2, -0.15) is 0 Å². The van der Waals surface area contributed by atoms with E-state index in [2.05, 4.69) is 17.1 Å². The molecule has 2 aromatic heterocycles. The standard InChI is InChI=1S/C16H16ClN3O/c1-2-4-13(18)15-9-14(20-21-15)11-6-7-12(17)10-5-3-8-19-16(10)11/h3,5-9,13H,2,4,18H2,1H3. The number of pyridine rings is 1. The Hall–Kier alpha value is -1.91. The molecular formula is C16H16ClN3O. The predicted molar refractivity (Wildman–Crippen MR) is 84.1 cm³/mol. The fourth-order valence-electron chi connectivity index (χ4n) is 2.39. The summed E-state index contributed by atoms with van der Waals surface area (Å²) in [4.78, 5) is 4.41. The fraction of sp³-hybridized carbons (Fsp3) is 0.250. The molecule has 1 unspecified atom stereocenters. The van der Waals surface area contributed by atoms with E-state index in [1.165, 1.54) is 0 Å². The Balaban J connectivity index is 2.07. The molecule has 4 nitrogen and oxygen atoms in total. The molecule has 0 saturated carbocycles. The lowest BCUT2D eigenvalue weighted by Crippen LogP contribution is -2.08. The van der Waals surface area contributed by atoms with Crippen LogP contribution in [0.4, 0.5) is 0 Å². The lowest BCUT2D eigenvalue weighted by Gasteiger charge is -2.04. The van der Waals surface area contributed by atoms with Gasteiger partial charge in [0.15, 0.2) is 5.76 Å². The van der Waals surface area contributed by atoms with E-state index in [4.69, 9.17) is 21.9 Å². The Labute approximate surface area is 127 Å². The van der Waals surface area contributed by atoms with Crippen LogP contribution >= 0.6 is 11.6 Å². The van der Waals surface area contributed by atoms with Crippen LogP contribution in [0.3, 0.4) is 0 Å². The van der Waals surface area contributed by atoms with Gasteiger partial charge in [-0.25, -0.2) is 0 Å². The molecule has 2 heterocycles. The Kier molecular flexibility index (Phi) is 3.90. The number of fused-ring (bicyclic) bond motifs is 1. The van der Waals surface area contributed by atoms with Crippen LogP contribution in [0.1, 0.15) is 31.6 Å². The first-order chi connectivity index (χ1) is 10.2. The molecule has 0 amide bonds. The quantitative estimate of drug-likeness (QED) is 0.778. The Morgan fingerprint density at radius 3 is 3.00 bits per heavy atom. The maximum Gasteiger partial charge on any atom is 0.154 e. The summed E-state index contributed by atoms with van der Waals surface area (Å²) in [6, 6.07) is 9.33. The van der Waals surface area contributed by atoms with Gasteiger partial charge in [0.2, 0.25) is 0 Å². The zero-order valence-corrected chi connectivity index (χ0v) is 12.5. The molecule has 1 atom stereocenters. The van der Waals surface area contributed by atoms with Gasteiger partial charge in [-0.15, -0.1) is 0 Å². The summed E-state index contributed by atoms with van der Waals surface area (Å²) in [5, 5.41) is 5.71. The highest BCUT2D eigenvalue weighted by Crippen LogP contribution is 2.32. The highest BCUT2D eigenvalue weighted by molar-refractivity contribution is 6.35. The van der Waals surface area contributed by atoms with Crippen molar-refractivity contribution >= 4 is 22.5 Å². The molecule has 108 valence electrons. The number of hydrogen-bond acceptors (Lipinski definition) is 4. The van der Waals surface area contributed by atoms with Gasteiger partial charge in [0, 0.05) is 23.2 Å². The monoisotopic (exact) mass is 301 g/mol. The van der Waals surface area contributed by atoms with Crippen LogP contribution in [-0.2, 0) is 0 Å². The van der Waals surface area contributed by atoms with E-state index >= 15 is 0 Å². The minimum absolute atomic E-state index is 0.122. The molecule has 5 heteroatoms. The van der Waals surface area contributed by atoms with E-state index in [0.717, 1.165) is 35.0 Å². The number of halogens is 1. The van der Waals surface area contributed by atoms with Crippen molar-refractivity contribution in [3.8, 4) is 11.3 Å². The molecule has 0 aliphatic heterocycles. The topological polar surface area (TPSA) is 64.9 Å². The number of rotatable bonds is 4. The van der Waals surface area contributed by atoms with E-state index in [1.807, 2.05) is 30.3 Å². The van der Waals surface area contributed by atoms with Crippen LogP contribution < -0.4 is 5.73 Å². The van der Waals surface area contributed by atoms with Crippen molar-refractivity contribution in [2.45, 2.75) is 25.8 Å². The molecule has 21 heavy (non-hydrogen) atoms.